The molecule has 98 valence electrons. The summed E-state index contributed by atoms with van der Waals surface area (Å²) in [5, 5.41) is 3.18. The fraction of sp³-hybridized carbons (Fsp3) is 0.286. The molecule has 0 aliphatic carbocycles. The molecule has 0 atom stereocenters. The van der Waals surface area contributed by atoms with Gasteiger partial charge >= 0.3 is 0 Å². The quantitative estimate of drug-likeness (QED) is 0.660. The van der Waals surface area contributed by atoms with Crippen LogP contribution in [0.3, 0.4) is 0 Å². The number of aliphatic imine (C=N–C) groups is 1. The van der Waals surface area contributed by atoms with Crippen LogP contribution in [0.1, 0.15) is 22.6 Å². The van der Waals surface area contributed by atoms with Gasteiger partial charge in [-0.25, -0.2) is 9.97 Å². The summed E-state index contributed by atoms with van der Waals surface area (Å²) < 4.78 is 0. The minimum absolute atomic E-state index is 0.657. The zero-order chi connectivity index (χ0) is 13.8. The maximum absolute atomic E-state index is 4.42. The Kier molecular flexibility index (Phi) is 3.85. The lowest BCUT2D eigenvalue weighted by Gasteiger charge is -2.09. The maximum Gasteiger partial charge on any atom is 0.154 e. The van der Waals surface area contributed by atoms with Crippen molar-refractivity contribution in [3.63, 3.8) is 0 Å². The Morgan fingerprint density at radius 2 is 1.84 bits per heavy atom. The molecule has 0 saturated carbocycles. The molecule has 2 rings (SSSR count). The highest BCUT2D eigenvalue weighted by atomic mass is 15.1. The predicted molar refractivity (Wildman–Crippen MR) is 76.6 cm³/mol. The Hall–Kier alpha value is -2.30. The number of nitrogens with one attached hydrogen (secondary N) is 1. The second kappa shape index (κ2) is 5.56. The number of rotatable bonds is 2. The molecule has 0 amide bonds. The van der Waals surface area contributed by atoms with Crippen LogP contribution in [0.4, 0.5) is 5.82 Å². The Bertz CT molecular complexity index is 581. The van der Waals surface area contributed by atoms with Gasteiger partial charge < -0.3 is 5.32 Å². The minimum atomic E-state index is 0.657. The second-order valence-corrected chi connectivity index (χ2v) is 4.41. The number of hydrogen-bond acceptors (Lipinski definition) is 4. The van der Waals surface area contributed by atoms with E-state index in [1.165, 1.54) is 0 Å². The molecule has 0 spiro atoms. The van der Waals surface area contributed by atoms with E-state index >= 15 is 0 Å². The lowest BCUT2D eigenvalue weighted by molar-refractivity contribution is 1.10. The summed E-state index contributed by atoms with van der Waals surface area (Å²) in [6, 6.07) is 4.00. The van der Waals surface area contributed by atoms with Crippen LogP contribution in [0.15, 0.2) is 29.5 Å². The molecule has 1 N–H and O–H groups in total. The Morgan fingerprint density at radius 3 is 2.42 bits per heavy atom. The van der Waals surface area contributed by atoms with Crippen LogP contribution in [0.5, 0.6) is 0 Å². The Balaban J connectivity index is 2.27. The molecule has 5 nitrogen and oxygen atoms in total. The largest absolute Gasteiger partial charge is 0.323 e. The van der Waals surface area contributed by atoms with Gasteiger partial charge in [-0.05, 0) is 38.5 Å². The standard InChI is InChI=1S/C14H17N5/c1-9-5-10(2)18-13(6-9)19-14(15-4)12-8-16-11(3)7-17-12/h5-8H,1-4H3,(H,15,18,19). The van der Waals surface area contributed by atoms with Crippen molar-refractivity contribution in [2.45, 2.75) is 20.8 Å². The summed E-state index contributed by atoms with van der Waals surface area (Å²) in [5.74, 6) is 1.42. The number of aryl methyl sites for hydroxylation is 3. The number of pyridine rings is 1. The lowest BCUT2D eigenvalue weighted by Crippen LogP contribution is -2.17. The molecule has 0 fully saturated rings. The molecule has 0 unspecified atom stereocenters. The molecule has 2 aromatic heterocycles. The number of aromatic nitrogens is 3. The van der Waals surface area contributed by atoms with Gasteiger partial charge in [0.15, 0.2) is 5.84 Å². The van der Waals surface area contributed by atoms with E-state index in [2.05, 4.69) is 25.3 Å². The SMILES string of the molecule is CN=C(Nc1cc(C)cc(C)n1)c1cnc(C)cn1. The molecule has 0 bridgehead atoms. The van der Waals surface area contributed by atoms with Crippen LogP contribution in [0.2, 0.25) is 0 Å². The Labute approximate surface area is 112 Å². The average Bonchev–Trinajstić information content (AvgIpc) is 2.36. The fourth-order valence-corrected chi connectivity index (χ4v) is 1.78. The van der Waals surface area contributed by atoms with Gasteiger partial charge in [0.1, 0.15) is 11.5 Å². The summed E-state index contributed by atoms with van der Waals surface area (Å²) in [5.41, 5.74) is 3.70. The molecular formula is C14H17N5. The predicted octanol–water partition coefficient (Wildman–Crippen LogP) is 2.29. The number of nitrogens with zero attached hydrogens (tertiary/aromatic N) is 4. The van der Waals surface area contributed by atoms with E-state index in [1.54, 1.807) is 19.4 Å². The van der Waals surface area contributed by atoms with E-state index < -0.39 is 0 Å². The Morgan fingerprint density at radius 1 is 1.05 bits per heavy atom. The van der Waals surface area contributed by atoms with Crippen molar-refractivity contribution < 1.29 is 0 Å². The first-order valence-corrected chi connectivity index (χ1v) is 6.06. The van der Waals surface area contributed by atoms with Crippen LogP contribution in [0.25, 0.3) is 0 Å². The summed E-state index contributed by atoms with van der Waals surface area (Å²) in [6.07, 6.45) is 3.42. The van der Waals surface area contributed by atoms with Crippen molar-refractivity contribution >= 4 is 11.7 Å². The van der Waals surface area contributed by atoms with Crippen molar-refractivity contribution in [3.05, 3.63) is 47.2 Å². The second-order valence-electron chi connectivity index (χ2n) is 4.41. The van der Waals surface area contributed by atoms with Crippen molar-refractivity contribution in [1.82, 2.24) is 15.0 Å². The molecule has 0 aromatic carbocycles. The molecule has 0 radical (unpaired) electrons. The smallest absolute Gasteiger partial charge is 0.154 e. The number of anilines is 1. The van der Waals surface area contributed by atoms with Crippen LogP contribution in [-0.4, -0.2) is 27.8 Å². The van der Waals surface area contributed by atoms with Crippen molar-refractivity contribution in [2.75, 3.05) is 12.4 Å². The third-order valence-corrected chi connectivity index (χ3v) is 2.59. The maximum atomic E-state index is 4.42. The van der Waals surface area contributed by atoms with E-state index in [0.717, 1.165) is 22.8 Å². The normalized spacial score (nSPS) is 11.5. The van der Waals surface area contributed by atoms with Crippen LogP contribution >= 0.6 is 0 Å². The summed E-state index contributed by atoms with van der Waals surface area (Å²) in [4.78, 5) is 17.2. The monoisotopic (exact) mass is 255 g/mol. The van der Waals surface area contributed by atoms with Crippen LogP contribution in [-0.2, 0) is 0 Å². The van der Waals surface area contributed by atoms with Gasteiger partial charge in [-0.1, -0.05) is 0 Å². The van der Waals surface area contributed by atoms with Gasteiger partial charge in [-0.2, -0.15) is 0 Å². The summed E-state index contributed by atoms with van der Waals surface area (Å²) >= 11 is 0. The number of amidine groups is 1. The van der Waals surface area contributed by atoms with Crippen molar-refractivity contribution in [2.24, 2.45) is 4.99 Å². The van der Waals surface area contributed by atoms with E-state index in [-0.39, 0.29) is 0 Å². The summed E-state index contributed by atoms with van der Waals surface area (Å²) in [6.45, 7) is 5.90. The zero-order valence-corrected chi connectivity index (χ0v) is 11.6. The highest BCUT2D eigenvalue weighted by molar-refractivity contribution is 6.06. The molecule has 2 heterocycles. The first kappa shape index (κ1) is 13.1. The van der Waals surface area contributed by atoms with E-state index in [1.807, 2.05) is 32.9 Å². The van der Waals surface area contributed by atoms with Crippen LogP contribution in [0, 0.1) is 20.8 Å². The minimum Gasteiger partial charge on any atom is -0.323 e. The fourth-order valence-electron chi connectivity index (χ4n) is 1.78. The van der Waals surface area contributed by atoms with Gasteiger partial charge in [0.2, 0.25) is 0 Å². The van der Waals surface area contributed by atoms with Gasteiger partial charge in [0.05, 0.1) is 11.9 Å². The molecule has 0 aliphatic rings. The van der Waals surface area contributed by atoms with E-state index in [9.17, 15) is 0 Å². The number of hydrogen-bond donors (Lipinski definition) is 1. The zero-order valence-electron chi connectivity index (χ0n) is 11.6. The lowest BCUT2D eigenvalue weighted by atomic mass is 10.2. The molecule has 5 heteroatoms. The van der Waals surface area contributed by atoms with Gasteiger partial charge in [-0.3, -0.25) is 9.98 Å². The molecule has 19 heavy (non-hydrogen) atoms. The van der Waals surface area contributed by atoms with Crippen LogP contribution < -0.4 is 5.32 Å². The van der Waals surface area contributed by atoms with E-state index in [4.69, 9.17) is 0 Å². The summed E-state index contributed by atoms with van der Waals surface area (Å²) in [7, 11) is 1.71. The first-order chi connectivity index (χ1) is 9.08. The van der Waals surface area contributed by atoms with Gasteiger partial charge in [0.25, 0.3) is 0 Å². The third kappa shape index (κ3) is 3.34. The first-order valence-electron chi connectivity index (χ1n) is 6.06. The highest BCUT2D eigenvalue weighted by Gasteiger charge is 2.06. The molecule has 2 aromatic rings. The molecule has 0 saturated heterocycles. The van der Waals surface area contributed by atoms with Gasteiger partial charge in [-0.15, -0.1) is 0 Å². The van der Waals surface area contributed by atoms with Gasteiger partial charge in [0, 0.05) is 18.9 Å². The van der Waals surface area contributed by atoms with Crippen molar-refractivity contribution in [1.29, 1.82) is 0 Å². The molecule has 0 aliphatic heterocycles. The van der Waals surface area contributed by atoms with E-state index in [0.29, 0.717) is 11.5 Å². The topological polar surface area (TPSA) is 63.1 Å². The average molecular weight is 255 g/mol. The van der Waals surface area contributed by atoms with Crippen molar-refractivity contribution in [3.8, 4) is 0 Å². The third-order valence-electron chi connectivity index (χ3n) is 2.59. The molecular weight excluding hydrogens is 238 g/mol. The highest BCUT2D eigenvalue weighted by Crippen LogP contribution is 2.10.